The number of hydrogen-bond donors (Lipinski definition) is 0. The highest BCUT2D eigenvalue weighted by Gasteiger charge is 2.28. The molecule has 0 N–H and O–H groups in total. The van der Waals surface area contributed by atoms with E-state index in [1.165, 1.54) is 17.3 Å². The van der Waals surface area contributed by atoms with Crippen LogP contribution in [0.4, 0.5) is 0 Å². The third kappa shape index (κ3) is 2.74. The number of fused-ring (bicyclic) bond motifs is 1. The van der Waals surface area contributed by atoms with E-state index in [1.807, 2.05) is 0 Å². The van der Waals surface area contributed by atoms with Crippen LogP contribution in [0.25, 0.3) is 10.8 Å². The molecule has 100 valence electrons. The summed E-state index contributed by atoms with van der Waals surface area (Å²) >= 11 is 0. The van der Waals surface area contributed by atoms with E-state index >= 15 is 0 Å². The quantitative estimate of drug-likeness (QED) is 0.828. The van der Waals surface area contributed by atoms with Crippen LogP contribution < -0.4 is 4.74 Å². The van der Waals surface area contributed by atoms with Gasteiger partial charge in [0.25, 0.3) is 0 Å². The molecule has 0 unspecified atom stereocenters. The van der Waals surface area contributed by atoms with Crippen molar-refractivity contribution in [3.05, 3.63) is 42.5 Å². The molecular formula is C17H21NO. The van der Waals surface area contributed by atoms with Crippen molar-refractivity contribution in [3.8, 4) is 5.75 Å². The monoisotopic (exact) mass is 255 g/mol. The first-order valence-corrected chi connectivity index (χ1v) is 7.09. The molecule has 19 heavy (non-hydrogen) atoms. The van der Waals surface area contributed by atoms with Crippen LogP contribution in [-0.4, -0.2) is 30.6 Å². The maximum absolute atomic E-state index is 6.13. The lowest BCUT2D eigenvalue weighted by Gasteiger charge is -2.40. The second-order valence-electron chi connectivity index (χ2n) is 5.83. The van der Waals surface area contributed by atoms with E-state index in [1.54, 1.807) is 0 Å². The molecule has 1 fully saturated rings. The maximum atomic E-state index is 6.13. The number of benzene rings is 2. The van der Waals surface area contributed by atoms with Gasteiger partial charge >= 0.3 is 0 Å². The summed E-state index contributed by atoms with van der Waals surface area (Å²) in [6.07, 6.45) is 0.351. The van der Waals surface area contributed by atoms with Crippen LogP contribution >= 0.6 is 0 Å². The molecule has 0 spiro atoms. The Balaban J connectivity index is 1.67. The van der Waals surface area contributed by atoms with Gasteiger partial charge in [-0.3, -0.25) is 4.90 Å². The molecule has 2 nitrogen and oxygen atoms in total. The molecule has 0 amide bonds. The summed E-state index contributed by atoms with van der Waals surface area (Å²) in [5.41, 5.74) is 0. The van der Waals surface area contributed by atoms with Crippen molar-refractivity contribution in [2.24, 2.45) is 5.92 Å². The average molecular weight is 255 g/mol. The van der Waals surface area contributed by atoms with Crippen molar-refractivity contribution in [1.82, 2.24) is 4.90 Å². The molecule has 1 heterocycles. The van der Waals surface area contributed by atoms with E-state index < -0.39 is 0 Å². The molecule has 2 aromatic carbocycles. The highest BCUT2D eigenvalue weighted by molar-refractivity contribution is 5.88. The summed E-state index contributed by atoms with van der Waals surface area (Å²) in [5.74, 6) is 1.76. The Morgan fingerprint density at radius 3 is 2.63 bits per heavy atom. The van der Waals surface area contributed by atoms with Gasteiger partial charge in [0.1, 0.15) is 11.9 Å². The Morgan fingerprint density at radius 2 is 1.84 bits per heavy atom. The van der Waals surface area contributed by atoms with Crippen LogP contribution in [0.5, 0.6) is 5.75 Å². The summed E-state index contributed by atoms with van der Waals surface area (Å²) in [6, 6.07) is 14.7. The standard InChI is InChI=1S/C17H21NO/c1-13(2)10-18-11-15(12-18)19-17-9-5-7-14-6-3-4-8-16(14)17/h3-9,13,15H,10-12H2,1-2H3. The van der Waals surface area contributed by atoms with Crippen molar-refractivity contribution in [3.63, 3.8) is 0 Å². The van der Waals surface area contributed by atoms with Crippen LogP contribution in [0.1, 0.15) is 13.8 Å². The Labute approximate surface area is 115 Å². The van der Waals surface area contributed by atoms with Gasteiger partial charge in [0.15, 0.2) is 0 Å². The van der Waals surface area contributed by atoms with Crippen molar-refractivity contribution in [2.45, 2.75) is 20.0 Å². The molecular weight excluding hydrogens is 234 g/mol. The van der Waals surface area contributed by atoms with Crippen LogP contribution in [0, 0.1) is 5.92 Å². The molecule has 1 saturated heterocycles. The smallest absolute Gasteiger partial charge is 0.127 e. The van der Waals surface area contributed by atoms with Gasteiger partial charge in [-0.2, -0.15) is 0 Å². The first-order chi connectivity index (χ1) is 9.22. The molecule has 0 bridgehead atoms. The Kier molecular flexibility index (Phi) is 3.43. The fraction of sp³-hybridized carbons (Fsp3) is 0.412. The average Bonchev–Trinajstić information content (AvgIpc) is 2.36. The lowest BCUT2D eigenvalue weighted by atomic mass is 10.1. The molecule has 2 heteroatoms. The van der Waals surface area contributed by atoms with E-state index in [4.69, 9.17) is 4.74 Å². The largest absolute Gasteiger partial charge is 0.487 e. The number of likely N-dealkylation sites (tertiary alicyclic amines) is 1. The van der Waals surface area contributed by atoms with E-state index in [9.17, 15) is 0 Å². The molecule has 1 aliphatic rings. The maximum Gasteiger partial charge on any atom is 0.127 e. The zero-order valence-corrected chi connectivity index (χ0v) is 11.7. The molecule has 0 saturated carbocycles. The molecule has 2 aromatic rings. The van der Waals surface area contributed by atoms with Crippen molar-refractivity contribution >= 4 is 10.8 Å². The lowest BCUT2D eigenvalue weighted by molar-refractivity contribution is 0.0140. The summed E-state index contributed by atoms with van der Waals surface area (Å²) < 4.78 is 6.13. The topological polar surface area (TPSA) is 12.5 Å². The van der Waals surface area contributed by atoms with Crippen molar-refractivity contribution in [2.75, 3.05) is 19.6 Å². The van der Waals surface area contributed by atoms with Gasteiger partial charge < -0.3 is 4.74 Å². The van der Waals surface area contributed by atoms with Crippen molar-refractivity contribution < 1.29 is 4.74 Å². The summed E-state index contributed by atoms with van der Waals surface area (Å²) in [5, 5.41) is 2.46. The number of hydrogen-bond acceptors (Lipinski definition) is 2. The SMILES string of the molecule is CC(C)CN1CC(Oc2cccc3ccccc23)C1. The summed E-state index contributed by atoms with van der Waals surface area (Å²) in [6.45, 7) is 7.82. The third-order valence-corrected chi connectivity index (χ3v) is 3.59. The van der Waals surface area contributed by atoms with E-state index in [0.717, 1.165) is 24.8 Å². The van der Waals surface area contributed by atoms with Gasteiger partial charge in [-0.1, -0.05) is 50.2 Å². The Morgan fingerprint density at radius 1 is 1.11 bits per heavy atom. The van der Waals surface area contributed by atoms with Gasteiger partial charge in [0.05, 0.1) is 0 Å². The number of rotatable bonds is 4. The predicted octanol–water partition coefficient (Wildman–Crippen LogP) is 3.56. The minimum absolute atomic E-state index is 0.351. The van der Waals surface area contributed by atoms with Gasteiger partial charge in [-0.05, 0) is 17.4 Å². The fourth-order valence-electron chi connectivity index (χ4n) is 2.74. The second-order valence-corrected chi connectivity index (χ2v) is 5.83. The Hall–Kier alpha value is -1.54. The first-order valence-electron chi connectivity index (χ1n) is 7.09. The van der Waals surface area contributed by atoms with Crippen molar-refractivity contribution in [1.29, 1.82) is 0 Å². The normalized spacial score (nSPS) is 16.8. The number of nitrogens with zero attached hydrogens (tertiary/aromatic N) is 1. The van der Waals surface area contributed by atoms with Gasteiger partial charge in [0.2, 0.25) is 0 Å². The predicted molar refractivity (Wildman–Crippen MR) is 79.6 cm³/mol. The third-order valence-electron chi connectivity index (χ3n) is 3.59. The van der Waals surface area contributed by atoms with E-state index in [0.29, 0.717) is 6.10 Å². The highest BCUT2D eigenvalue weighted by atomic mass is 16.5. The highest BCUT2D eigenvalue weighted by Crippen LogP contribution is 2.27. The van der Waals surface area contributed by atoms with E-state index in [2.05, 4.69) is 61.2 Å². The van der Waals surface area contributed by atoms with Crippen LogP contribution in [0.3, 0.4) is 0 Å². The minimum Gasteiger partial charge on any atom is -0.487 e. The second kappa shape index (κ2) is 5.22. The van der Waals surface area contributed by atoms with Crippen LogP contribution in [-0.2, 0) is 0 Å². The zero-order valence-electron chi connectivity index (χ0n) is 11.7. The minimum atomic E-state index is 0.351. The van der Waals surface area contributed by atoms with Gasteiger partial charge in [-0.25, -0.2) is 0 Å². The molecule has 0 aromatic heterocycles. The molecule has 3 rings (SSSR count). The fourth-order valence-corrected chi connectivity index (χ4v) is 2.74. The van der Waals surface area contributed by atoms with Gasteiger partial charge in [-0.15, -0.1) is 0 Å². The van der Waals surface area contributed by atoms with Crippen LogP contribution in [0.2, 0.25) is 0 Å². The van der Waals surface area contributed by atoms with Gasteiger partial charge in [0, 0.05) is 25.0 Å². The van der Waals surface area contributed by atoms with Crippen LogP contribution in [0.15, 0.2) is 42.5 Å². The van der Waals surface area contributed by atoms with E-state index in [-0.39, 0.29) is 0 Å². The Bertz CT molecular complexity index is 553. The molecule has 1 aliphatic heterocycles. The summed E-state index contributed by atoms with van der Waals surface area (Å²) in [7, 11) is 0. The first kappa shape index (κ1) is 12.5. The molecule has 0 atom stereocenters. The zero-order chi connectivity index (χ0) is 13.2. The molecule has 0 radical (unpaired) electrons. The number of ether oxygens (including phenoxy) is 1. The lowest BCUT2D eigenvalue weighted by Crippen LogP contribution is -2.54. The summed E-state index contributed by atoms with van der Waals surface area (Å²) in [4.78, 5) is 2.46. The molecule has 0 aliphatic carbocycles.